The highest BCUT2D eigenvalue weighted by atomic mass is 35.5. The van der Waals surface area contributed by atoms with E-state index < -0.39 is 25.9 Å². The normalized spacial score (nSPS) is 18.7. The standard InChI is InChI=1S/C25H30ClN5O5S3/c1-30-7-6-21-23(16-30)37-24(29-21)15-27-22(25(32)31-8-10-38(33,34)11-9-31)14-28-39(35,36)20-5-3-17-12-19(26)4-2-18(17)13-20/h2-5,12-13,22,27-28H,6-11,14-16H2,1H3. The van der Waals surface area contributed by atoms with Gasteiger partial charge >= 0.3 is 0 Å². The van der Waals surface area contributed by atoms with Crippen molar-refractivity contribution in [3.63, 3.8) is 0 Å². The molecule has 10 nitrogen and oxygen atoms in total. The van der Waals surface area contributed by atoms with Gasteiger partial charge in [-0.25, -0.2) is 26.5 Å². The van der Waals surface area contributed by atoms with Crippen LogP contribution in [0, 0.1) is 0 Å². The van der Waals surface area contributed by atoms with Crippen molar-refractivity contribution < 1.29 is 21.6 Å². The average molecular weight is 612 g/mol. The van der Waals surface area contributed by atoms with Crippen LogP contribution >= 0.6 is 22.9 Å². The number of nitrogens with one attached hydrogen (secondary N) is 2. The van der Waals surface area contributed by atoms with E-state index in [4.69, 9.17) is 16.6 Å². The molecule has 0 bridgehead atoms. The molecule has 1 fully saturated rings. The summed E-state index contributed by atoms with van der Waals surface area (Å²) >= 11 is 7.62. The van der Waals surface area contributed by atoms with Crippen molar-refractivity contribution in [2.45, 2.75) is 30.4 Å². The fourth-order valence-electron chi connectivity index (χ4n) is 4.70. The lowest BCUT2D eigenvalue weighted by Crippen LogP contribution is -2.55. The molecule has 3 aromatic rings. The third kappa shape index (κ3) is 6.79. The van der Waals surface area contributed by atoms with Gasteiger partial charge in [0.2, 0.25) is 15.9 Å². The smallest absolute Gasteiger partial charge is 0.241 e. The van der Waals surface area contributed by atoms with Gasteiger partial charge in [0.15, 0.2) is 9.84 Å². The first kappa shape index (κ1) is 28.4. The van der Waals surface area contributed by atoms with Gasteiger partial charge in [-0.3, -0.25) is 10.1 Å². The van der Waals surface area contributed by atoms with Crippen LogP contribution in [0.4, 0.5) is 0 Å². The van der Waals surface area contributed by atoms with Gasteiger partial charge in [0.1, 0.15) is 11.0 Å². The first-order chi connectivity index (χ1) is 18.5. The Balaban J connectivity index is 1.32. The molecule has 2 aliphatic rings. The number of aromatic nitrogens is 1. The van der Waals surface area contributed by atoms with Crippen molar-refractivity contribution in [3.8, 4) is 0 Å². The lowest BCUT2D eigenvalue weighted by atomic mass is 10.1. The monoisotopic (exact) mass is 611 g/mol. The van der Waals surface area contributed by atoms with E-state index in [0.29, 0.717) is 11.6 Å². The summed E-state index contributed by atoms with van der Waals surface area (Å²) in [5, 5.41) is 6.10. The molecule has 2 aliphatic heterocycles. The highest BCUT2D eigenvalue weighted by molar-refractivity contribution is 7.91. The van der Waals surface area contributed by atoms with Gasteiger partial charge in [-0.15, -0.1) is 11.3 Å². The van der Waals surface area contributed by atoms with Crippen molar-refractivity contribution in [1.29, 1.82) is 0 Å². The Morgan fingerprint density at radius 3 is 2.62 bits per heavy atom. The topological polar surface area (TPSA) is 129 Å². The maximum absolute atomic E-state index is 13.4. The number of halogens is 1. The van der Waals surface area contributed by atoms with Gasteiger partial charge in [0.25, 0.3) is 0 Å². The van der Waals surface area contributed by atoms with Crippen molar-refractivity contribution in [2.24, 2.45) is 0 Å². The number of amides is 1. The van der Waals surface area contributed by atoms with E-state index in [0.717, 1.165) is 41.0 Å². The molecule has 1 aromatic heterocycles. The third-order valence-corrected chi connectivity index (χ3v) is 11.3. The van der Waals surface area contributed by atoms with Gasteiger partial charge in [-0.05, 0) is 42.1 Å². The van der Waals surface area contributed by atoms with E-state index in [1.165, 1.54) is 15.8 Å². The third-order valence-electron chi connectivity index (χ3n) is 6.98. The number of rotatable bonds is 8. The Hall–Kier alpha value is -2.13. The second-order valence-corrected chi connectivity index (χ2v) is 15.6. The fraction of sp³-hybridized carbons (Fsp3) is 0.440. The summed E-state index contributed by atoms with van der Waals surface area (Å²) in [4.78, 5) is 23.1. The summed E-state index contributed by atoms with van der Waals surface area (Å²) in [6.07, 6.45) is 0.866. The minimum atomic E-state index is -3.94. The molecule has 5 rings (SSSR count). The number of carbonyl (C=O) groups is 1. The zero-order valence-electron chi connectivity index (χ0n) is 21.4. The Labute approximate surface area is 237 Å². The SMILES string of the molecule is CN1CCc2nc(CNC(CNS(=O)(=O)c3ccc4cc(Cl)ccc4c3)C(=O)N3CCS(=O)(=O)CC3)sc2C1. The number of fused-ring (bicyclic) bond motifs is 2. The summed E-state index contributed by atoms with van der Waals surface area (Å²) in [6, 6.07) is 9.05. The van der Waals surface area contributed by atoms with Crippen LogP contribution < -0.4 is 10.0 Å². The van der Waals surface area contributed by atoms with Crippen LogP contribution in [0.5, 0.6) is 0 Å². The summed E-state index contributed by atoms with van der Waals surface area (Å²) in [7, 11) is -5.05. The van der Waals surface area contributed by atoms with Gasteiger partial charge in [-0.2, -0.15) is 0 Å². The summed E-state index contributed by atoms with van der Waals surface area (Å²) < 4.78 is 52.7. The van der Waals surface area contributed by atoms with Gasteiger partial charge in [0, 0.05) is 55.6 Å². The van der Waals surface area contributed by atoms with E-state index in [1.807, 2.05) is 0 Å². The van der Waals surface area contributed by atoms with E-state index in [9.17, 15) is 21.6 Å². The lowest BCUT2D eigenvalue weighted by molar-refractivity contribution is -0.133. The number of sulfone groups is 1. The first-order valence-corrected chi connectivity index (χ1v) is 17.1. The van der Waals surface area contributed by atoms with Crippen molar-refractivity contribution in [2.75, 3.05) is 44.7 Å². The molecule has 2 N–H and O–H groups in total. The molecule has 1 amide bonds. The number of nitrogens with zero attached hydrogens (tertiary/aromatic N) is 3. The zero-order chi connectivity index (χ0) is 27.8. The largest absolute Gasteiger partial charge is 0.339 e. The maximum Gasteiger partial charge on any atom is 0.241 e. The van der Waals surface area contributed by atoms with E-state index >= 15 is 0 Å². The van der Waals surface area contributed by atoms with Gasteiger partial charge in [0.05, 0.1) is 22.1 Å². The Morgan fingerprint density at radius 1 is 1.13 bits per heavy atom. The number of benzene rings is 2. The molecular formula is C25H30ClN5O5S3. The van der Waals surface area contributed by atoms with Crippen LogP contribution in [0.2, 0.25) is 5.02 Å². The van der Waals surface area contributed by atoms with Crippen LogP contribution in [-0.4, -0.2) is 88.3 Å². The Morgan fingerprint density at radius 2 is 1.85 bits per heavy atom. The van der Waals surface area contributed by atoms with Crippen LogP contribution in [0.1, 0.15) is 15.6 Å². The number of thiazole rings is 1. The fourth-order valence-corrected chi connectivity index (χ4v) is 8.31. The summed E-state index contributed by atoms with van der Waals surface area (Å²) in [5.74, 6) is -0.558. The molecule has 1 atom stereocenters. The Bertz CT molecular complexity index is 1600. The second-order valence-electron chi connectivity index (χ2n) is 9.88. The van der Waals surface area contributed by atoms with Crippen LogP contribution in [-0.2, 0) is 44.2 Å². The molecule has 210 valence electrons. The number of hydrogen-bond acceptors (Lipinski definition) is 9. The molecule has 1 unspecified atom stereocenters. The molecule has 3 heterocycles. The van der Waals surface area contributed by atoms with E-state index in [-0.39, 0.29) is 41.9 Å². The predicted molar refractivity (Wildman–Crippen MR) is 152 cm³/mol. The molecular weight excluding hydrogens is 582 g/mol. The minimum Gasteiger partial charge on any atom is -0.339 e. The molecule has 0 spiro atoms. The number of hydrogen-bond donors (Lipinski definition) is 2. The van der Waals surface area contributed by atoms with Crippen molar-refractivity contribution in [3.05, 3.63) is 57.0 Å². The number of carbonyl (C=O) groups excluding carboxylic acids is 1. The van der Waals surface area contributed by atoms with Crippen molar-refractivity contribution in [1.82, 2.24) is 24.8 Å². The maximum atomic E-state index is 13.4. The van der Waals surface area contributed by atoms with E-state index in [1.54, 1.807) is 41.7 Å². The second kappa shape index (κ2) is 11.4. The lowest BCUT2D eigenvalue weighted by Gasteiger charge is -2.30. The van der Waals surface area contributed by atoms with Crippen LogP contribution in [0.3, 0.4) is 0 Å². The molecule has 0 radical (unpaired) electrons. The molecule has 0 saturated carbocycles. The quantitative estimate of drug-likeness (QED) is 0.393. The Kier molecular flexibility index (Phi) is 8.30. The molecule has 2 aromatic carbocycles. The summed E-state index contributed by atoms with van der Waals surface area (Å²) in [6.45, 7) is 2.02. The van der Waals surface area contributed by atoms with Gasteiger partial charge in [-0.1, -0.05) is 23.7 Å². The molecule has 0 aliphatic carbocycles. The first-order valence-electron chi connectivity index (χ1n) is 12.6. The average Bonchev–Trinajstić information content (AvgIpc) is 3.30. The van der Waals surface area contributed by atoms with Crippen LogP contribution in [0.25, 0.3) is 10.8 Å². The number of likely N-dealkylation sites (N-methyl/N-ethyl adjacent to an activating group) is 1. The van der Waals surface area contributed by atoms with E-state index in [2.05, 4.69) is 22.0 Å². The highest BCUT2D eigenvalue weighted by Gasteiger charge is 2.31. The number of sulfonamides is 1. The highest BCUT2D eigenvalue weighted by Crippen LogP contribution is 2.25. The van der Waals surface area contributed by atoms with Crippen molar-refractivity contribution >= 4 is 59.5 Å². The molecule has 1 saturated heterocycles. The predicted octanol–water partition coefficient (Wildman–Crippen LogP) is 1.63. The molecule has 39 heavy (non-hydrogen) atoms. The summed E-state index contributed by atoms with van der Waals surface area (Å²) in [5.41, 5.74) is 1.07. The molecule has 14 heteroatoms. The minimum absolute atomic E-state index is 0.0734. The van der Waals surface area contributed by atoms with Crippen LogP contribution in [0.15, 0.2) is 41.3 Å². The van der Waals surface area contributed by atoms with Gasteiger partial charge < -0.3 is 9.80 Å². The zero-order valence-corrected chi connectivity index (χ0v) is 24.6.